The van der Waals surface area contributed by atoms with Crippen molar-refractivity contribution in [3.8, 4) is 0 Å². The van der Waals surface area contributed by atoms with Crippen LogP contribution in [0.4, 0.5) is 11.6 Å². The molecule has 0 bridgehead atoms. The van der Waals surface area contributed by atoms with Gasteiger partial charge in [0.15, 0.2) is 5.16 Å². The number of hydrogen-bond donors (Lipinski definition) is 2. The third-order valence-electron chi connectivity index (χ3n) is 5.48. The zero-order valence-corrected chi connectivity index (χ0v) is 16.5. The maximum absolute atomic E-state index is 11.7. The third-order valence-corrected chi connectivity index (χ3v) is 6.41. The van der Waals surface area contributed by atoms with Crippen LogP contribution in [-0.4, -0.2) is 63.4 Å². The van der Waals surface area contributed by atoms with Gasteiger partial charge in [0.25, 0.3) is 0 Å². The zero-order chi connectivity index (χ0) is 18.7. The van der Waals surface area contributed by atoms with Gasteiger partial charge in [0.05, 0.1) is 5.60 Å². The molecule has 7 nitrogen and oxygen atoms in total. The van der Waals surface area contributed by atoms with E-state index < -0.39 is 5.60 Å². The number of carbonyl (C=O) groups is 1. The molecule has 1 aromatic rings. The van der Waals surface area contributed by atoms with Crippen LogP contribution >= 0.6 is 11.8 Å². The van der Waals surface area contributed by atoms with Gasteiger partial charge in [0, 0.05) is 50.8 Å². The van der Waals surface area contributed by atoms with Crippen molar-refractivity contribution in [1.82, 2.24) is 14.9 Å². The van der Waals surface area contributed by atoms with Gasteiger partial charge < -0.3 is 20.6 Å². The maximum Gasteiger partial charge on any atom is 0.219 e. The first-order valence-corrected chi connectivity index (χ1v) is 10.4. The van der Waals surface area contributed by atoms with E-state index in [9.17, 15) is 9.90 Å². The summed E-state index contributed by atoms with van der Waals surface area (Å²) in [6.45, 7) is 6.41. The van der Waals surface area contributed by atoms with Crippen molar-refractivity contribution in [2.24, 2.45) is 5.92 Å². The van der Waals surface area contributed by atoms with Crippen molar-refractivity contribution in [3.63, 3.8) is 0 Å². The summed E-state index contributed by atoms with van der Waals surface area (Å²) in [5.41, 5.74) is 5.32. The summed E-state index contributed by atoms with van der Waals surface area (Å²) in [5.74, 6) is 2.38. The minimum absolute atomic E-state index is 0.0290. The number of amides is 1. The van der Waals surface area contributed by atoms with Crippen LogP contribution in [0.25, 0.3) is 0 Å². The molecular formula is C18H29N5O2S. The topological polar surface area (TPSA) is 95.6 Å². The first-order valence-electron chi connectivity index (χ1n) is 9.41. The van der Waals surface area contributed by atoms with Crippen LogP contribution < -0.4 is 10.6 Å². The molecule has 2 aliphatic heterocycles. The van der Waals surface area contributed by atoms with E-state index in [2.05, 4.69) is 21.8 Å². The van der Waals surface area contributed by atoms with Crippen molar-refractivity contribution in [1.29, 1.82) is 0 Å². The minimum atomic E-state index is -0.681. The molecular weight excluding hydrogens is 350 g/mol. The molecule has 2 saturated heterocycles. The van der Waals surface area contributed by atoms with E-state index in [1.165, 1.54) is 0 Å². The highest BCUT2D eigenvalue weighted by Crippen LogP contribution is 2.37. The van der Waals surface area contributed by atoms with E-state index in [4.69, 9.17) is 5.73 Å². The highest BCUT2D eigenvalue weighted by atomic mass is 32.2. The Morgan fingerprint density at radius 3 is 2.88 bits per heavy atom. The summed E-state index contributed by atoms with van der Waals surface area (Å²) in [6.07, 6.45) is 3.60. The van der Waals surface area contributed by atoms with E-state index in [1.807, 2.05) is 4.90 Å². The quantitative estimate of drug-likeness (QED) is 0.457. The Bertz CT molecular complexity index is 658. The number of anilines is 2. The van der Waals surface area contributed by atoms with E-state index in [1.54, 1.807) is 24.8 Å². The molecule has 8 heteroatoms. The molecule has 3 N–H and O–H groups in total. The second-order valence-corrected chi connectivity index (χ2v) is 8.41. The summed E-state index contributed by atoms with van der Waals surface area (Å²) in [5, 5.41) is 11.7. The SMILES string of the molecule is CCCCSc1nc(N)cc(N2CC[C@@]3(O)CCN(C(C)=O)C[C@H]3C2)n1. The van der Waals surface area contributed by atoms with Crippen molar-refractivity contribution >= 4 is 29.3 Å². The lowest BCUT2D eigenvalue weighted by molar-refractivity contribution is -0.139. The molecule has 1 aromatic heterocycles. The number of nitrogens with zero attached hydrogens (tertiary/aromatic N) is 4. The van der Waals surface area contributed by atoms with Crippen molar-refractivity contribution < 1.29 is 9.90 Å². The Balaban J connectivity index is 1.73. The van der Waals surface area contributed by atoms with Gasteiger partial charge in [0.2, 0.25) is 5.91 Å². The van der Waals surface area contributed by atoms with Crippen LogP contribution in [0, 0.1) is 5.92 Å². The van der Waals surface area contributed by atoms with Gasteiger partial charge in [-0.3, -0.25) is 4.79 Å². The molecule has 0 aliphatic carbocycles. The maximum atomic E-state index is 11.7. The van der Waals surface area contributed by atoms with Crippen LogP contribution in [0.2, 0.25) is 0 Å². The smallest absolute Gasteiger partial charge is 0.219 e. The first-order chi connectivity index (χ1) is 12.4. The van der Waals surface area contributed by atoms with Gasteiger partial charge in [0.1, 0.15) is 11.6 Å². The molecule has 1 amide bonds. The van der Waals surface area contributed by atoms with Gasteiger partial charge >= 0.3 is 0 Å². The number of thioether (sulfide) groups is 1. The first kappa shape index (κ1) is 19.2. The van der Waals surface area contributed by atoms with Crippen LogP contribution in [0.15, 0.2) is 11.2 Å². The van der Waals surface area contributed by atoms with Gasteiger partial charge in [-0.15, -0.1) is 0 Å². The Morgan fingerprint density at radius 2 is 2.15 bits per heavy atom. The summed E-state index contributed by atoms with van der Waals surface area (Å²) in [7, 11) is 0. The molecule has 3 rings (SSSR count). The van der Waals surface area contributed by atoms with Gasteiger partial charge in [-0.25, -0.2) is 9.97 Å². The third kappa shape index (κ3) is 4.23. The highest BCUT2D eigenvalue weighted by molar-refractivity contribution is 7.99. The van der Waals surface area contributed by atoms with E-state index >= 15 is 0 Å². The Kier molecular flexibility index (Phi) is 5.92. The summed E-state index contributed by atoms with van der Waals surface area (Å²) in [6, 6.07) is 1.81. The van der Waals surface area contributed by atoms with Crippen molar-refractivity contribution in [2.75, 3.05) is 42.6 Å². The molecule has 0 radical (unpaired) electrons. The number of nitrogen functional groups attached to an aromatic ring is 1. The molecule has 2 fully saturated rings. The number of unbranched alkanes of at least 4 members (excludes halogenated alkanes) is 1. The Morgan fingerprint density at radius 1 is 1.38 bits per heavy atom. The fraction of sp³-hybridized carbons (Fsp3) is 0.722. The number of likely N-dealkylation sites (tertiary alicyclic amines) is 1. The molecule has 26 heavy (non-hydrogen) atoms. The molecule has 2 atom stereocenters. The van der Waals surface area contributed by atoms with Crippen LogP contribution in [0.5, 0.6) is 0 Å². The fourth-order valence-corrected chi connectivity index (χ4v) is 4.70. The summed E-state index contributed by atoms with van der Waals surface area (Å²) >= 11 is 1.63. The number of aliphatic hydroxyl groups is 1. The molecule has 0 unspecified atom stereocenters. The molecule has 0 spiro atoms. The van der Waals surface area contributed by atoms with E-state index in [-0.39, 0.29) is 11.8 Å². The van der Waals surface area contributed by atoms with Crippen LogP contribution in [0.1, 0.15) is 39.5 Å². The fourth-order valence-electron chi connectivity index (χ4n) is 3.76. The largest absolute Gasteiger partial charge is 0.389 e. The molecule has 144 valence electrons. The normalized spacial score (nSPS) is 25.9. The lowest BCUT2D eigenvalue weighted by Gasteiger charge is -2.50. The second-order valence-electron chi connectivity index (χ2n) is 7.35. The van der Waals surface area contributed by atoms with E-state index in [0.29, 0.717) is 43.5 Å². The van der Waals surface area contributed by atoms with Crippen molar-refractivity contribution in [3.05, 3.63) is 6.07 Å². The molecule has 2 aliphatic rings. The number of hydrogen-bond acceptors (Lipinski definition) is 7. The number of fused-ring (bicyclic) bond motifs is 1. The Hall–Kier alpha value is -1.54. The van der Waals surface area contributed by atoms with Crippen LogP contribution in [0.3, 0.4) is 0 Å². The highest BCUT2D eigenvalue weighted by Gasteiger charge is 2.45. The van der Waals surface area contributed by atoms with Crippen molar-refractivity contribution in [2.45, 2.75) is 50.3 Å². The molecule has 0 saturated carbocycles. The average molecular weight is 380 g/mol. The van der Waals surface area contributed by atoms with Gasteiger partial charge in [-0.05, 0) is 19.3 Å². The van der Waals surface area contributed by atoms with Crippen LogP contribution in [-0.2, 0) is 4.79 Å². The van der Waals surface area contributed by atoms with Gasteiger partial charge in [-0.1, -0.05) is 25.1 Å². The second kappa shape index (κ2) is 8.00. The number of carbonyl (C=O) groups excluding carboxylic acids is 1. The predicted molar refractivity (Wildman–Crippen MR) is 104 cm³/mol. The average Bonchev–Trinajstić information content (AvgIpc) is 2.60. The predicted octanol–water partition coefficient (Wildman–Crippen LogP) is 1.76. The zero-order valence-electron chi connectivity index (χ0n) is 15.6. The minimum Gasteiger partial charge on any atom is -0.389 e. The summed E-state index contributed by atoms with van der Waals surface area (Å²) in [4.78, 5) is 24.8. The number of nitrogens with two attached hydrogens (primary N) is 1. The monoisotopic (exact) mass is 379 g/mol. The number of rotatable bonds is 5. The van der Waals surface area contributed by atoms with Gasteiger partial charge in [-0.2, -0.15) is 0 Å². The molecule has 0 aromatic carbocycles. The number of aromatic nitrogens is 2. The lowest BCUT2D eigenvalue weighted by atomic mass is 9.75. The lowest BCUT2D eigenvalue weighted by Crippen LogP contribution is -2.60. The number of piperidine rings is 2. The van der Waals surface area contributed by atoms with E-state index in [0.717, 1.165) is 31.0 Å². The molecule has 3 heterocycles. The Labute approximate surface area is 159 Å². The summed E-state index contributed by atoms with van der Waals surface area (Å²) < 4.78 is 0. The standard InChI is InChI=1S/C18H29N5O2S/c1-3-4-9-26-17-20-15(19)10-16(21-17)23-8-6-18(25)5-7-22(13(2)24)11-14(18)12-23/h10,14,25H,3-9,11-12H2,1-2H3,(H2,19,20,21)/t14-,18-/m0/s1.